The first kappa shape index (κ1) is 14.4. The fraction of sp³-hybridized carbons (Fsp3) is 0.562. The van der Waals surface area contributed by atoms with E-state index in [0.717, 1.165) is 44.1 Å². The highest BCUT2D eigenvalue weighted by Crippen LogP contribution is 2.28. The molecule has 0 spiro atoms. The van der Waals surface area contributed by atoms with E-state index in [1.54, 1.807) is 0 Å². The van der Waals surface area contributed by atoms with Crippen LogP contribution in [0.15, 0.2) is 24.5 Å². The quantitative estimate of drug-likeness (QED) is 0.845. The molecule has 1 fully saturated rings. The molecule has 2 aromatic heterocycles. The maximum absolute atomic E-state index is 6.03. The highest BCUT2D eigenvalue weighted by atomic mass is 16.5. The van der Waals surface area contributed by atoms with E-state index in [-0.39, 0.29) is 0 Å². The van der Waals surface area contributed by atoms with Crippen LogP contribution in [0.3, 0.4) is 0 Å². The number of hydrogen-bond acceptors (Lipinski definition) is 4. The number of hydrogen-bond donors (Lipinski definition) is 0. The zero-order chi connectivity index (χ0) is 14.7. The van der Waals surface area contributed by atoms with Gasteiger partial charge in [0, 0.05) is 31.4 Å². The minimum absolute atomic E-state index is 0.437. The summed E-state index contributed by atoms with van der Waals surface area (Å²) in [6.45, 7) is 9.65. The van der Waals surface area contributed by atoms with Gasteiger partial charge in [-0.1, -0.05) is 13.8 Å². The number of nitrogens with zero attached hydrogens (tertiary/aromatic N) is 3. The third-order valence-corrected chi connectivity index (χ3v) is 3.92. The summed E-state index contributed by atoms with van der Waals surface area (Å²) in [5.41, 5.74) is 2.33. The summed E-state index contributed by atoms with van der Waals surface area (Å²) < 4.78 is 13.3. The van der Waals surface area contributed by atoms with Crippen molar-refractivity contribution in [1.29, 1.82) is 0 Å². The fourth-order valence-electron chi connectivity index (χ4n) is 2.68. The first-order valence-electron chi connectivity index (χ1n) is 7.65. The smallest absolute Gasteiger partial charge is 0.145 e. The summed E-state index contributed by atoms with van der Waals surface area (Å²) in [6.07, 6.45) is 3.91. The lowest BCUT2D eigenvalue weighted by atomic mass is 10.1. The third-order valence-electron chi connectivity index (χ3n) is 3.92. The van der Waals surface area contributed by atoms with Gasteiger partial charge in [0.15, 0.2) is 0 Å². The van der Waals surface area contributed by atoms with Gasteiger partial charge in [-0.15, -0.1) is 0 Å². The SMILES string of the molecule is CC(C)c1cnn2cccc(OCCN3CCOCC3)c12. The normalized spacial score (nSPS) is 16.7. The Labute approximate surface area is 125 Å². The van der Waals surface area contributed by atoms with E-state index in [9.17, 15) is 0 Å². The van der Waals surface area contributed by atoms with Crippen molar-refractivity contribution in [2.75, 3.05) is 39.5 Å². The Balaban J connectivity index is 1.69. The molecule has 1 aliphatic rings. The van der Waals surface area contributed by atoms with E-state index < -0.39 is 0 Å². The van der Waals surface area contributed by atoms with Gasteiger partial charge in [0.2, 0.25) is 0 Å². The van der Waals surface area contributed by atoms with E-state index in [1.807, 2.05) is 29.0 Å². The molecule has 5 nitrogen and oxygen atoms in total. The van der Waals surface area contributed by atoms with Crippen molar-refractivity contribution in [3.8, 4) is 5.75 Å². The highest BCUT2D eigenvalue weighted by Gasteiger charge is 2.14. The fourth-order valence-corrected chi connectivity index (χ4v) is 2.68. The van der Waals surface area contributed by atoms with Crippen molar-refractivity contribution >= 4 is 5.52 Å². The molecule has 0 amide bonds. The van der Waals surface area contributed by atoms with Gasteiger partial charge in [-0.3, -0.25) is 4.90 Å². The van der Waals surface area contributed by atoms with Crippen LogP contribution in [0.2, 0.25) is 0 Å². The lowest BCUT2D eigenvalue weighted by Gasteiger charge is -2.26. The van der Waals surface area contributed by atoms with Crippen LogP contribution in [0.4, 0.5) is 0 Å². The van der Waals surface area contributed by atoms with E-state index in [1.165, 1.54) is 5.56 Å². The van der Waals surface area contributed by atoms with Crippen LogP contribution < -0.4 is 4.74 Å². The first-order chi connectivity index (χ1) is 10.3. The summed E-state index contributed by atoms with van der Waals surface area (Å²) in [7, 11) is 0. The first-order valence-corrected chi connectivity index (χ1v) is 7.65. The lowest BCUT2D eigenvalue weighted by molar-refractivity contribution is 0.0323. The average molecular weight is 289 g/mol. The second kappa shape index (κ2) is 6.45. The molecule has 3 heterocycles. The minimum atomic E-state index is 0.437. The van der Waals surface area contributed by atoms with Crippen molar-refractivity contribution in [1.82, 2.24) is 14.5 Å². The Bertz CT molecular complexity index is 588. The van der Waals surface area contributed by atoms with Crippen LogP contribution in [-0.2, 0) is 4.74 Å². The molecule has 0 saturated carbocycles. The maximum atomic E-state index is 6.03. The molecule has 0 aliphatic carbocycles. The molecule has 0 unspecified atom stereocenters. The Hall–Kier alpha value is -1.59. The molecule has 0 atom stereocenters. The summed E-state index contributed by atoms with van der Waals surface area (Å²) in [6, 6.07) is 4.01. The van der Waals surface area contributed by atoms with Crippen molar-refractivity contribution in [3.05, 3.63) is 30.1 Å². The van der Waals surface area contributed by atoms with Crippen LogP contribution in [0.25, 0.3) is 5.52 Å². The van der Waals surface area contributed by atoms with Crippen molar-refractivity contribution < 1.29 is 9.47 Å². The third kappa shape index (κ3) is 3.19. The predicted octanol–water partition coefficient (Wildman–Crippen LogP) is 2.17. The van der Waals surface area contributed by atoms with Gasteiger partial charge in [0.25, 0.3) is 0 Å². The van der Waals surface area contributed by atoms with Gasteiger partial charge in [-0.05, 0) is 18.1 Å². The standard InChI is InChI=1S/C16H23N3O2/c1-13(2)14-12-17-19-5-3-4-15(16(14)19)21-11-8-18-6-9-20-10-7-18/h3-5,12-13H,6-11H2,1-2H3. The summed E-state index contributed by atoms with van der Waals surface area (Å²) in [4.78, 5) is 2.38. The van der Waals surface area contributed by atoms with Crippen molar-refractivity contribution in [2.45, 2.75) is 19.8 Å². The molecule has 21 heavy (non-hydrogen) atoms. The molecular weight excluding hydrogens is 266 g/mol. The van der Waals surface area contributed by atoms with E-state index >= 15 is 0 Å². The van der Waals surface area contributed by atoms with E-state index in [0.29, 0.717) is 12.5 Å². The van der Waals surface area contributed by atoms with Gasteiger partial charge >= 0.3 is 0 Å². The number of aromatic nitrogens is 2. The van der Waals surface area contributed by atoms with Crippen LogP contribution in [0, 0.1) is 0 Å². The maximum Gasteiger partial charge on any atom is 0.145 e. The number of morpholine rings is 1. The molecule has 0 bridgehead atoms. The molecule has 3 rings (SSSR count). The van der Waals surface area contributed by atoms with Gasteiger partial charge in [0.1, 0.15) is 17.9 Å². The average Bonchev–Trinajstić information content (AvgIpc) is 2.93. The molecule has 0 radical (unpaired) electrons. The molecule has 0 N–H and O–H groups in total. The second-order valence-electron chi connectivity index (χ2n) is 5.72. The van der Waals surface area contributed by atoms with E-state index in [2.05, 4.69) is 23.8 Å². The Morgan fingerprint density at radius 1 is 1.33 bits per heavy atom. The number of pyridine rings is 1. The predicted molar refractivity (Wildman–Crippen MR) is 82.0 cm³/mol. The van der Waals surface area contributed by atoms with Gasteiger partial charge in [0.05, 0.1) is 19.4 Å². The molecule has 114 valence electrons. The minimum Gasteiger partial charge on any atom is -0.490 e. The summed E-state index contributed by atoms with van der Waals surface area (Å²) in [5.74, 6) is 1.36. The Morgan fingerprint density at radius 3 is 2.90 bits per heavy atom. The van der Waals surface area contributed by atoms with Crippen LogP contribution in [0.5, 0.6) is 5.75 Å². The molecule has 0 aromatic carbocycles. The van der Waals surface area contributed by atoms with E-state index in [4.69, 9.17) is 9.47 Å². The molecule has 2 aromatic rings. The van der Waals surface area contributed by atoms with Crippen LogP contribution in [0.1, 0.15) is 25.3 Å². The van der Waals surface area contributed by atoms with Crippen LogP contribution >= 0.6 is 0 Å². The van der Waals surface area contributed by atoms with Gasteiger partial charge in [-0.25, -0.2) is 4.52 Å². The zero-order valence-corrected chi connectivity index (χ0v) is 12.8. The molecule has 1 aliphatic heterocycles. The Kier molecular flexibility index (Phi) is 4.41. The van der Waals surface area contributed by atoms with Gasteiger partial charge < -0.3 is 9.47 Å². The molecule has 1 saturated heterocycles. The number of rotatable bonds is 5. The monoisotopic (exact) mass is 289 g/mol. The van der Waals surface area contributed by atoms with Crippen LogP contribution in [-0.4, -0.2) is 54.0 Å². The lowest BCUT2D eigenvalue weighted by Crippen LogP contribution is -2.38. The Morgan fingerprint density at radius 2 is 2.14 bits per heavy atom. The summed E-state index contributed by atoms with van der Waals surface area (Å²) in [5, 5.41) is 4.41. The van der Waals surface area contributed by atoms with Crippen molar-refractivity contribution in [3.63, 3.8) is 0 Å². The summed E-state index contributed by atoms with van der Waals surface area (Å²) >= 11 is 0. The largest absolute Gasteiger partial charge is 0.490 e. The molecular formula is C16H23N3O2. The highest BCUT2D eigenvalue weighted by molar-refractivity contribution is 5.65. The zero-order valence-electron chi connectivity index (χ0n) is 12.8. The number of fused-ring (bicyclic) bond motifs is 1. The van der Waals surface area contributed by atoms with Crippen molar-refractivity contribution in [2.24, 2.45) is 0 Å². The number of ether oxygens (including phenoxy) is 2. The molecule has 5 heteroatoms. The van der Waals surface area contributed by atoms with Gasteiger partial charge in [-0.2, -0.15) is 5.10 Å². The second-order valence-corrected chi connectivity index (χ2v) is 5.72. The topological polar surface area (TPSA) is 39.0 Å².